The Balaban J connectivity index is 0.000000645. The van der Waals surface area contributed by atoms with Crippen molar-refractivity contribution in [2.75, 3.05) is 0 Å². The fourth-order valence-electron chi connectivity index (χ4n) is 4.92. The molecule has 2 bridgehead atoms. The van der Waals surface area contributed by atoms with E-state index >= 15 is 0 Å². The Kier molecular flexibility index (Phi) is 4.02. The number of rotatable bonds is 2. The molecule has 2 N–H and O–H groups in total. The van der Waals surface area contributed by atoms with Crippen molar-refractivity contribution < 1.29 is 19.8 Å². The molecule has 5 heteroatoms. The zero-order valence-corrected chi connectivity index (χ0v) is 15.6. The van der Waals surface area contributed by atoms with E-state index in [4.69, 9.17) is 5.26 Å². The van der Waals surface area contributed by atoms with Gasteiger partial charge >= 0.3 is 0 Å². The highest BCUT2D eigenvalue weighted by Gasteiger charge is 2.61. The van der Waals surface area contributed by atoms with Gasteiger partial charge in [-0.15, -0.1) is 0 Å². The lowest BCUT2D eigenvalue weighted by atomic mass is 9.47. The van der Waals surface area contributed by atoms with E-state index in [1.807, 2.05) is 48.5 Å². The number of aldehydes is 2. The van der Waals surface area contributed by atoms with Crippen molar-refractivity contribution in [1.29, 1.82) is 5.26 Å². The average Bonchev–Trinajstić information content (AvgIpc) is 2.76. The van der Waals surface area contributed by atoms with E-state index < -0.39 is 10.8 Å². The first-order chi connectivity index (χ1) is 14.0. The molecule has 0 saturated carbocycles. The summed E-state index contributed by atoms with van der Waals surface area (Å²) in [6.07, 6.45) is 1.60. The third-order valence-corrected chi connectivity index (χ3v) is 5.86. The van der Waals surface area contributed by atoms with Crippen molar-refractivity contribution in [2.45, 2.75) is 17.8 Å². The number of nitrogens with zero attached hydrogens (tertiary/aromatic N) is 1. The largest absolute Gasteiger partial charge is 0.508 e. The van der Waals surface area contributed by atoms with Gasteiger partial charge in [0.2, 0.25) is 0 Å². The number of hydrogen-bond donors (Lipinski definition) is 2. The van der Waals surface area contributed by atoms with Gasteiger partial charge in [-0.1, -0.05) is 48.5 Å². The first kappa shape index (κ1) is 18.5. The predicted molar refractivity (Wildman–Crippen MR) is 106 cm³/mol. The molecule has 3 aromatic carbocycles. The minimum atomic E-state index is -1.27. The minimum Gasteiger partial charge on any atom is -0.508 e. The van der Waals surface area contributed by atoms with Crippen molar-refractivity contribution in [3.8, 4) is 17.6 Å². The van der Waals surface area contributed by atoms with Gasteiger partial charge in [0.05, 0.1) is 6.07 Å². The summed E-state index contributed by atoms with van der Waals surface area (Å²) in [5.41, 5.74) is 0.687. The van der Waals surface area contributed by atoms with Crippen LogP contribution in [0.25, 0.3) is 0 Å². The second-order valence-corrected chi connectivity index (χ2v) is 7.02. The molecule has 0 amide bonds. The van der Waals surface area contributed by atoms with Crippen LogP contribution < -0.4 is 0 Å². The summed E-state index contributed by atoms with van der Waals surface area (Å²) < 4.78 is 0. The van der Waals surface area contributed by atoms with Gasteiger partial charge in [-0.05, 0) is 34.4 Å². The molecule has 0 atom stereocenters. The van der Waals surface area contributed by atoms with E-state index in [1.54, 1.807) is 6.07 Å². The van der Waals surface area contributed by atoms with Gasteiger partial charge in [-0.25, -0.2) is 0 Å². The molecule has 3 aliphatic rings. The van der Waals surface area contributed by atoms with Gasteiger partial charge < -0.3 is 19.8 Å². The summed E-state index contributed by atoms with van der Waals surface area (Å²) in [5, 5.41) is 28.7. The predicted octanol–water partition coefficient (Wildman–Crippen LogP) is 3.32. The molecule has 0 fully saturated rings. The molecule has 5 nitrogen and oxygen atoms in total. The molecule has 0 heterocycles. The minimum absolute atomic E-state index is 0.111. The second-order valence-electron chi connectivity index (χ2n) is 7.02. The lowest BCUT2D eigenvalue weighted by molar-refractivity contribution is -0.113. The summed E-state index contributed by atoms with van der Waals surface area (Å²) in [6, 6.07) is 19.0. The Morgan fingerprint density at radius 3 is 1.24 bits per heavy atom. The van der Waals surface area contributed by atoms with Crippen LogP contribution in [-0.2, 0) is 20.4 Å². The van der Waals surface area contributed by atoms with E-state index in [-0.39, 0.29) is 22.6 Å². The maximum absolute atomic E-state index is 12.6. The van der Waals surface area contributed by atoms with Crippen LogP contribution in [0, 0.1) is 11.3 Å². The van der Waals surface area contributed by atoms with Crippen LogP contribution in [-0.4, -0.2) is 22.8 Å². The molecule has 0 aromatic heterocycles. The van der Waals surface area contributed by atoms with Crippen LogP contribution in [0.15, 0.2) is 60.7 Å². The third kappa shape index (κ3) is 1.98. The Morgan fingerprint density at radius 2 is 1.00 bits per heavy atom. The summed E-state index contributed by atoms with van der Waals surface area (Å²) in [4.78, 5) is 25.2. The molecule has 142 valence electrons. The quantitative estimate of drug-likeness (QED) is 0.522. The van der Waals surface area contributed by atoms with Crippen molar-refractivity contribution >= 4 is 12.6 Å². The number of carbonyl (C=O) groups excluding carboxylic acids is 2. The zero-order valence-electron chi connectivity index (χ0n) is 15.6. The van der Waals surface area contributed by atoms with Crippen molar-refractivity contribution in [1.82, 2.24) is 0 Å². The standard InChI is InChI=1S/C22H14O4.C2H3N/c23-11-21-13-5-1-2-6-14(13)22(12-24,16-8-4-3-7-15(16)21)20-18(26)10-9-17(25)19(20)21;1-2-3/h1-12,25-26H;1H3. The topological polar surface area (TPSA) is 98.4 Å². The molecule has 3 aliphatic carbocycles. The highest BCUT2D eigenvalue weighted by molar-refractivity contribution is 5.99. The smallest absolute Gasteiger partial charge is 0.139 e. The fourth-order valence-corrected chi connectivity index (χ4v) is 4.92. The zero-order chi connectivity index (χ0) is 20.8. The molecule has 29 heavy (non-hydrogen) atoms. The highest BCUT2D eigenvalue weighted by atomic mass is 16.3. The second kappa shape index (κ2) is 6.32. The number of phenolic OH excluding ortho intramolecular Hbond substituents is 2. The molecule has 0 radical (unpaired) electrons. The summed E-state index contributed by atoms with van der Waals surface area (Å²) in [6.45, 7) is 1.43. The average molecular weight is 383 g/mol. The van der Waals surface area contributed by atoms with Gasteiger partial charge in [-0.3, -0.25) is 0 Å². The third-order valence-electron chi connectivity index (χ3n) is 5.86. The van der Waals surface area contributed by atoms with Gasteiger partial charge in [0, 0.05) is 18.1 Å². The maximum atomic E-state index is 12.6. The van der Waals surface area contributed by atoms with E-state index in [0.717, 1.165) is 12.6 Å². The highest BCUT2D eigenvalue weighted by Crippen LogP contribution is 2.63. The molecule has 0 unspecified atom stereocenters. The van der Waals surface area contributed by atoms with Gasteiger partial charge in [-0.2, -0.15) is 5.26 Å². The lowest BCUT2D eigenvalue weighted by Crippen LogP contribution is -2.52. The van der Waals surface area contributed by atoms with Gasteiger partial charge in [0.25, 0.3) is 0 Å². The Labute approximate surface area is 167 Å². The van der Waals surface area contributed by atoms with Crippen LogP contribution in [0.3, 0.4) is 0 Å². The van der Waals surface area contributed by atoms with Crippen LogP contribution in [0.1, 0.15) is 40.3 Å². The number of phenols is 2. The summed E-state index contributed by atoms with van der Waals surface area (Å²) >= 11 is 0. The molecular weight excluding hydrogens is 366 g/mol. The SMILES string of the molecule is CC#N.O=CC12c3ccccc3C(C=O)(c3ccccc31)c1c(O)ccc(O)c12. The number of nitriles is 1. The monoisotopic (exact) mass is 383 g/mol. The normalized spacial score (nSPS) is 22.1. The fraction of sp³-hybridized carbons (Fsp3) is 0.125. The molecule has 3 aromatic rings. The van der Waals surface area contributed by atoms with E-state index in [9.17, 15) is 19.8 Å². The number of hydrogen-bond acceptors (Lipinski definition) is 5. The first-order valence-corrected chi connectivity index (χ1v) is 9.03. The molecular formula is C24H17NO4. The number of benzene rings is 3. The van der Waals surface area contributed by atoms with E-state index in [1.165, 1.54) is 19.1 Å². The first-order valence-electron chi connectivity index (χ1n) is 9.03. The Bertz CT molecular complexity index is 1070. The summed E-state index contributed by atoms with van der Waals surface area (Å²) in [7, 11) is 0. The van der Waals surface area contributed by atoms with Crippen LogP contribution >= 0.6 is 0 Å². The lowest BCUT2D eigenvalue weighted by Gasteiger charge is -2.52. The van der Waals surface area contributed by atoms with Gasteiger partial charge in [0.15, 0.2) is 0 Å². The molecule has 0 saturated heterocycles. The summed E-state index contributed by atoms with van der Waals surface area (Å²) in [5.74, 6) is -0.222. The van der Waals surface area contributed by atoms with E-state index in [2.05, 4.69) is 0 Å². The van der Waals surface area contributed by atoms with Crippen molar-refractivity contribution in [2.24, 2.45) is 0 Å². The van der Waals surface area contributed by atoms with Crippen LogP contribution in [0.4, 0.5) is 0 Å². The van der Waals surface area contributed by atoms with Crippen LogP contribution in [0.2, 0.25) is 0 Å². The Morgan fingerprint density at radius 1 is 0.724 bits per heavy atom. The molecule has 6 rings (SSSR count). The van der Waals surface area contributed by atoms with Crippen molar-refractivity contribution in [3.63, 3.8) is 0 Å². The molecule has 0 spiro atoms. The Hall–Kier alpha value is -3.91. The number of carbonyl (C=O) groups is 2. The number of aromatic hydroxyl groups is 2. The van der Waals surface area contributed by atoms with Crippen LogP contribution in [0.5, 0.6) is 11.5 Å². The van der Waals surface area contributed by atoms with Gasteiger partial charge in [0.1, 0.15) is 34.9 Å². The van der Waals surface area contributed by atoms with E-state index in [0.29, 0.717) is 22.3 Å². The maximum Gasteiger partial charge on any atom is 0.139 e. The van der Waals surface area contributed by atoms with Crippen molar-refractivity contribution in [3.05, 3.63) is 94.0 Å². The molecule has 0 aliphatic heterocycles.